The molecule has 1 aromatic carbocycles. The van der Waals surface area contributed by atoms with Gasteiger partial charge in [0.15, 0.2) is 0 Å². The van der Waals surface area contributed by atoms with Crippen LogP contribution in [0.3, 0.4) is 0 Å². The monoisotopic (exact) mass is 375 g/mol. The maximum Gasteiger partial charge on any atom is 0.416 e. The molecule has 0 spiro atoms. The average molecular weight is 375 g/mol. The van der Waals surface area contributed by atoms with Crippen molar-refractivity contribution in [3.8, 4) is 0 Å². The lowest BCUT2D eigenvalue weighted by molar-refractivity contribution is -0.143. The SMILES string of the molecule is O=S(=O)(Nc1cc(C(F)(F)F)cc(C(F)(F)F)c1)c1cccs1. The van der Waals surface area contributed by atoms with E-state index in [0.29, 0.717) is 12.1 Å². The molecule has 3 nitrogen and oxygen atoms in total. The Morgan fingerprint density at radius 3 is 1.83 bits per heavy atom. The number of rotatable bonds is 3. The number of sulfonamides is 1. The van der Waals surface area contributed by atoms with Crippen LogP contribution in [-0.4, -0.2) is 8.42 Å². The molecule has 23 heavy (non-hydrogen) atoms. The number of halogens is 6. The van der Waals surface area contributed by atoms with Gasteiger partial charge in [0.05, 0.1) is 16.8 Å². The van der Waals surface area contributed by atoms with E-state index in [1.807, 2.05) is 0 Å². The fraction of sp³-hybridized carbons (Fsp3) is 0.167. The molecule has 0 aliphatic rings. The number of alkyl halides is 6. The summed E-state index contributed by atoms with van der Waals surface area (Å²) in [5.41, 5.74) is -4.02. The molecule has 0 aliphatic carbocycles. The van der Waals surface area contributed by atoms with Crippen LogP contribution in [0.1, 0.15) is 11.1 Å². The molecule has 11 heteroatoms. The number of benzene rings is 1. The van der Waals surface area contributed by atoms with Crippen molar-refractivity contribution in [1.82, 2.24) is 0 Å². The van der Waals surface area contributed by atoms with Crippen molar-refractivity contribution in [1.29, 1.82) is 0 Å². The fourth-order valence-electron chi connectivity index (χ4n) is 1.64. The van der Waals surface area contributed by atoms with Crippen LogP contribution in [0.25, 0.3) is 0 Å². The maximum atomic E-state index is 12.7. The van der Waals surface area contributed by atoms with Gasteiger partial charge in [0.2, 0.25) is 0 Å². The van der Waals surface area contributed by atoms with E-state index in [-0.39, 0.29) is 10.3 Å². The molecular formula is C12H7F6NO2S2. The molecule has 0 bridgehead atoms. The first-order chi connectivity index (χ1) is 10.4. The van der Waals surface area contributed by atoms with Crippen molar-refractivity contribution in [3.63, 3.8) is 0 Å². The minimum absolute atomic E-state index is 0.0804. The lowest BCUT2D eigenvalue weighted by Gasteiger charge is -2.15. The van der Waals surface area contributed by atoms with E-state index in [9.17, 15) is 34.8 Å². The third-order valence-corrected chi connectivity index (χ3v) is 5.38. The summed E-state index contributed by atoms with van der Waals surface area (Å²) in [6.07, 6.45) is -10.1. The van der Waals surface area contributed by atoms with Crippen LogP contribution in [0.15, 0.2) is 39.9 Å². The lowest BCUT2D eigenvalue weighted by Crippen LogP contribution is -2.15. The maximum absolute atomic E-state index is 12.7. The van der Waals surface area contributed by atoms with Crippen molar-refractivity contribution in [2.24, 2.45) is 0 Å². The molecule has 0 unspecified atom stereocenters. The highest BCUT2D eigenvalue weighted by molar-refractivity contribution is 7.94. The second kappa shape index (κ2) is 5.71. The molecule has 2 aromatic rings. The number of nitrogens with one attached hydrogen (secondary N) is 1. The standard InChI is InChI=1S/C12H7F6NO2S2/c13-11(14,15)7-4-8(12(16,17)18)6-9(5-7)19-23(20,21)10-2-1-3-22-10/h1-6,19H. The van der Waals surface area contributed by atoms with Crippen LogP contribution >= 0.6 is 11.3 Å². The first kappa shape index (κ1) is 17.6. The Morgan fingerprint density at radius 1 is 0.913 bits per heavy atom. The second-order valence-electron chi connectivity index (χ2n) is 4.33. The van der Waals surface area contributed by atoms with Gasteiger partial charge in [0, 0.05) is 0 Å². The first-order valence-electron chi connectivity index (χ1n) is 5.75. The normalized spacial score (nSPS) is 13.1. The number of thiophene rings is 1. The molecule has 126 valence electrons. The molecule has 0 saturated heterocycles. The van der Waals surface area contributed by atoms with E-state index in [2.05, 4.69) is 0 Å². The van der Waals surface area contributed by atoms with Crippen molar-refractivity contribution >= 4 is 27.0 Å². The summed E-state index contributed by atoms with van der Waals surface area (Å²) < 4.78 is 102. The fourth-order valence-corrected chi connectivity index (χ4v) is 3.67. The van der Waals surface area contributed by atoms with Crippen molar-refractivity contribution < 1.29 is 34.8 Å². The minimum Gasteiger partial charge on any atom is -0.279 e. The van der Waals surface area contributed by atoms with Gasteiger partial charge >= 0.3 is 12.4 Å². The molecule has 2 rings (SSSR count). The first-order valence-corrected chi connectivity index (χ1v) is 8.12. The third-order valence-electron chi connectivity index (χ3n) is 2.60. The van der Waals surface area contributed by atoms with Gasteiger partial charge in [-0.05, 0) is 29.6 Å². The summed E-state index contributed by atoms with van der Waals surface area (Å²) in [7, 11) is -4.26. The summed E-state index contributed by atoms with van der Waals surface area (Å²) in [4.78, 5) is 0. The molecule has 0 atom stereocenters. The number of anilines is 1. The lowest BCUT2D eigenvalue weighted by atomic mass is 10.1. The smallest absolute Gasteiger partial charge is 0.279 e. The van der Waals surface area contributed by atoms with E-state index in [4.69, 9.17) is 0 Å². The third kappa shape index (κ3) is 4.16. The Labute approximate surface area is 130 Å². The molecule has 0 aliphatic heterocycles. The van der Waals surface area contributed by atoms with E-state index in [1.54, 1.807) is 4.72 Å². The van der Waals surface area contributed by atoms with Gasteiger partial charge in [0.1, 0.15) is 4.21 Å². The predicted molar refractivity (Wildman–Crippen MR) is 71.6 cm³/mol. The van der Waals surface area contributed by atoms with Crippen molar-refractivity contribution in [3.05, 3.63) is 46.8 Å². The van der Waals surface area contributed by atoms with Gasteiger partial charge in [-0.1, -0.05) is 6.07 Å². The topological polar surface area (TPSA) is 46.2 Å². The summed E-state index contributed by atoms with van der Waals surface area (Å²) in [6, 6.07) is 3.08. The van der Waals surface area contributed by atoms with Crippen molar-refractivity contribution in [2.45, 2.75) is 16.6 Å². The highest BCUT2D eigenvalue weighted by Crippen LogP contribution is 2.38. The molecule has 0 fully saturated rings. The zero-order valence-corrected chi connectivity index (χ0v) is 12.5. The Bertz CT molecular complexity index is 762. The van der Waals surface area contributed by atoms with Crippen molar-refractivity contribution in [2.75, 3.05) is 4.72 Å². The van der Waals surface area contributed by atoms with E-state index < -0.39 is 39.2 Å². The molecule has 0 amide bonds. The van der Waals surface area contributed by atoms with E-state index in [0.717, 1.165) is 11.3 Å². The molecule has 1 N–H and O–H groups in total. The highest BCUT2D eigenvalue weighted by Gasteiger charge is 2.37. The highest BCUT2D eigenvalue weighted by atomic mass is 32.2. The Kier molecular flexibility index (Phi) is 4.37. The predicted octanol–water partition coefficient (Wildman–Crippen LogP) is 4.59. The second-order valence-corrected chi connectivity index (χ2v) is 7.19. The Hall–Kier alpha value is -1.75. The van der Waals surface area contributed by atoms with Gasteiger partial charge in [-0.2, -0.15) is 26.3 Å². The molecule has 0 saturated carbocycles. The molecule has 1 aromatic heterocycles. The van der Waals surface area contributed by atoms with Gasteiger partial charge in [0.25, 0.3) is 10.0 Å². The Balaban J connectivity index is 2.50. The van der Waals surface area contributed by atoms with Gasteiger partial charge in [-0.25, -0.2) is 8.42 Å². The molecular weight excluding hydrogens is 368 g/mol. The summed E-state index contributed by atoms with van der Waals surface area (Å²) in [5.74, 6) is 0. The van der Waals surface area contributed by atoms with Crippen LogP contribution in [0, 0.1) is 0 Å². The average Bonchev–Trinajstić information content (AvgIpc) is 2.90. The number of hydrogen-bond acceptors (Lipinski definition) is 3. The van der Waals surface area contributed by atoms with Gasteiger partial charge in [-0.15, -0.1) is 11.3 Å². The largest absolute Gasteiger partial charge is 0.416 e. The van der Waals surface area contributed by atoms with Crippen LogP contribution in [0.5, 0.6) is 0 Å². The van der Waals surface area contributed by atoms with E-state index >= 15 is 0 Å². The summed E-state index contributed by atoms with van der Waals surface area (Å²) in [5, 5.41) is 1.40. The quantitative estimate of drug-likeness (QED) is 0.798. The summed E-state index contributed by atoms with van der Waals surface area (Å²) >= 11 is 0.774. The van der Waals surface area contributed by atoms with Crippen LogP contribution in [0.4, 0.5) is 32.0 Å². The van der Waals surface area contributed by atoms with Gasteiger partial charge < -0.3 is 0 Å². The Morgan fingerprint density at radius 2 is 1.43 bits per heavy atom. The minimum atomic E-state index is -5.05. The number of hydrogen-bond donors (Lipinski definition) is 1. The van der Waals surface area contributed by atoms with Crippen LogP contribution in [0.2, 0.25) is 0 Å². The van der Waals surface area contributed by atoms with E-state index in [1.165, 1.54) is 17.5 Å². The van der Waals surface area contributed by atoms with Gasteiger partial charge in [-0.3, -0.25) is 4.72 Å². The molecule has 1 heterocycles. The zero-order valence-electron chi connectivity index (χ0n) is 10.9. The zero-order chi connectivity index (χ0) is 17.5. The van der Waals surface area contributed by atoms with Crippen LogP contribution < -0.4 is 4.72 Å². The van der Waals surface area contributed by atoms with Crippen LogP contribution in [-0.2, 0) is 22.4 Å². The summed E-state index contributed by atoms with van der Waals surface area (Å²) in [6.45, 7) is 0. The molecule has 0 radical (unpaired) electrons.